The molecule has 172 valence electrons. The number of anilines is 1. The van der Waals surface area contributed by atoms with Gasteiger partial charge in [0.15, 0.2) is 5.69 Å². The summed E-state index contributed by atoms with van der Waals surface area (Å²) in [4.78, 5) is 23.7. The molecule has 33 heavy (non-hydrogen) atoms. The number of aromatic nitrogens is 2. The van der Waals surface area contributed by atoms with Gasteiger partial charge in [-0.2, -0.15) is 18.3 Å². The Morgan fingerprint density at radius 3 is 2.21 bits per heavy atom. The van der Waals surface area contributed by atoms with Crippen molar-refractivity contribution in [3.05, 3.63) is 71.5 Å². The van der Waals surface area contributed by atoms with E-state index in [1.165, 1.54) is 6.92 Å². The molecule has 0 radical (unpaired) electrons. The van der Waals surface area contributed by atoms with Crippen molar-refractivity contribution in [1.29, 1.82) is 0 Å². The lowest BCUT2D eigenvalue weighted by atomic mass is 9.98. The molecule has 1 aromatic heterocycles. The number of fused-ring (bicyclic) bond motifs is 3. The Morgan fingerprint density at radius 1 is 1.12 bits per heavy atom. The molecule has 1 aliphatic carbocycles. The number of hydrogen-bond acceptors (Lipinski definition) is 4. The second-order valence-corrected chi connectivity index (χ2v) is 7.58. The van der Waals surface area contributed by atoms with Gasteiger partial charge in [-0.3, -0.25) is 10.00 Å². The highest BCUT2D eigenvalue weighted by Gasteiger charge is 2.39. The van der Waals surface area contributed by atoms with E-state index in [4.69, 9.17) is 4.74 Å². The summed E-state index contributed by atoms with van der Waals surface area (Å²) >= 11 is 0. The Bertz CT molecular complexity index is 1160. The van der Waals surface area contributed by atoms with E-state index < -0.39 is 35.7 Å². The maximum absolute atomic E-state index is 13.4. The van der Waals surface area contributed by atoms with Gasteiger partial charge >= 0.3 is 18.2 Å². The lowest BCUT2D eigenvalue weighted by Crippen LogP contribution is -2.20. The standard InChI is InChI=1S/C23H20F3N3O4/c1-2-19(21(30)31)29-11-18(20(28-29)23(24,25)26)27-22(32)33-12-17-15-9-5-3-7-13(15)14-8-4-6-10-16(14)17/h3-11,17,19H,2,12H2,1H3,(H,27,32)(H,30,31). The van der Waals surface area contributed by atoms with Crippen LogP contribution in [0.1, 0.15) is 42.1 Å². The van der Waals surface area contributed by atoms with Gasteiger partial charge in [0.2, 0.25) is 0 Å². The molecule has 0 fully saturated rings. The van der Waals surface area contributed by atoms with E-state index in [1.807, 2.05) is 48.5 Å². The highest BCUT2D eigenvalue weighted by Crippen LogP contribution is 2.44. The van der Waals surface area contributed by atoms with Crippen LogP contribution in [0, 0.1) is 0 Å². The number of halogens is 3. The number of ether oxygens (including phenoxy) is 1. The minimum atomic E-state index is -4.89. The van der Waals surface area contributed by atoms with Gasteiger partial charge in [-0.1, -0.05) is 55.5 Å². The summed E-state index contributed by atoms with van der Waals surface area (Å²) in [5.41, 5.74) is 1.89. The van der Waals surface area contributed by atoms with Gasteiger partial charge in [-0.15, -0.1) is 0 Å². The predicted molar refractivity (Wildman–Crippen MR) is 113 cm³/mol. The lowest BCUT2D eigenvalue weighted by molar-refractivity contribution is -0.144. The number of benzene rings is 2. The fourth-order valence-corrected chi connectivity index (χ4v) is 4.07. The van der Waals surface area contributed by atoms with Gasteiger partial charge in [-0.05, 0) is 28.7 Å². The van der Waals surface area contributed by atoms with Crippen molar-refractivity contribution in [1.82, 2.24) is 9.78 Å². The third kappa shape index (κ3) is 4.28. The van der Waals surface area contributed by atoms with E-state index in [9.17, 15) is 27.9 Å². The molecule has 1 amide bonds. The van der Waals surface area contributed by atoms with E-state index in [2.05, 4.69) is 10.4 Å². The molecular formula is C23H20F3N3O4. The number of hydrogen-bond donors (Lipinski definition) is 2. The van der Waals surface area contributed by atoms with Crippen molar-refractivity contribution in [3.63, 3.8) is 0 Å². The number of carboxylic acid groups (broad SMARTS) is 1. The second kappa shape index (κ2) is 8.61. The van der Waals surface area contributed by atoms with Crippen molar-refractivity contribution < 1.29 is 32.6 Å². The number of rotatable bonds is 6. The van der Waals surface area contributed by atoms with E-state index >= 15 is 0 Å². The number of carbonyl (C=O) groups is 2. The molecule has 7 nitrogen and oxygen atoms in total. The molecule has 0 saturated heterocycles. The highest BCUT2D eigenvalue weighted by molar-refractivity contribution is 5.86. The number of nitrogens with zero attached hydrogens (tertiary/aromatic N) is 2. The largest absolute Gasteiger partial charge is 0.480 e. The quantitative estimate of drug-likeness (QED) is 0.522. The van der Waals surface area contributed by atoms with E-state index in [1.54, 1.807) is 0 Å². The SMILES string of the molecule is CCC(C(=O)O)n1cc(NC(=O)OCC2c3ccccc3-c3ccccc32)c(C(F)(F)F)n1. The summed E-state index contributed by atoms with van der Waals surface area (Å²) in [5.74, 6) is -1.59. The van der Waals surface area contributed by atoms with Gasteiger partial charge in [0.05, 0.1) is 11.9 Å². The monoisotopic (exact) mass is 459 g/mol. The van der Waals surface area contributed by atoms with Crippen LogP contribution in [-0.4, -0.2) is 33.6 Å². The normalized spacial score (nSPS) is 13.8. The molecule has 0 spiro atoms. The van der Waals surface area contributed by atoms with Crippen LogP contribution in [-0.2, 0) is 15.7 Å². The van der Waals surface area contributed by atoms with Gasteiger partial charge in [0.25, 0.3) is 0 Å². The molecule has 2 N–H and O–H groups in total. The van der Waals surface area contributed by atoms with Crippen LogP contribution in [0.4, 0.5) is 23.7 Å². The van der Waals surface area contributed by atoms with Crippen molar-refractivity contribution in [2.75, 3.05) is 11.9 Å². The predicted octanol–water partition coefficient (Wildman–Crippen LogP) is 5.30. The maximum Gasteiger partial charge on any atom is 0.437 e. The smallest absolute Gasteiger partial charge is 0.437 e. The van der Waals surface area contributed by atoms with Crippen LogP contribution in [0.5, 0.6) is 0 Å². The first kappa shape index (κ1) is 22.4. The van der Waals surface area contributed by atoms with Crippen LogP contribution >= 0.6 is 0 Å². The Kier molecular flexibility index (Phi) is 5.84. The molecule has 1 aliphatic rings. The van der Waals surface area contributed by atoms with E-state index in [-0.39, 0.29) is 18.9 Å². The fourth-order valence-electron chi connectivity index (χ4n) is 4.07. The third-order valence-corrected chi connectivity index (χ3v) is 5.57. The number of carboxylic acids is 1. The summed E-state index contributed by atoms with van der Waals surface area (Å²) in [5, 5.41) is 14.7. The zero-order valence-corrected chi connectivity index (χ0v) is 17.5. The number of nitrogens with one attached hydrogen (secondary N) is 1. The van der Waals surface area contributed by atoms with Crippen molar-refractivity contribution in [2.45, 2.75) is 31.5 Å². The summed E-state index contributed by atoms with van der Waals surface area (Å²) in [6.45, 7) is 1.43. The zero-order chi connectivity index (χ0) is 23.8. The maximum atomic E-state index is 13.4. The summed E-state index contributed by atoms with van der Waals surface area (Å²) in [6, 6.07) is 14.0. The highest BCUT2D eigenvalue weighted by atomic mass is 19.4. The average molecular weight is 459 g/mol. The molecule has 2 aromatic carbocycles. The molecule has 0 bridgehead atoms. The van der Waals surface area contributed by atoms with Crippen LogP contribution < -0.4 is 5.32 Å². The molecule has 0 aliphatic heterocycles. The Morgan fingerprint density at radius 2 is 1.70 bits per heavy atom. The summed E-state index contributed by atoms with van der Waals surface area (Å²) in [7, 11) is 0. The Hall–Kier alpha value is -3.82. The minimum absolute atomic E-state index is 0.0126. The lowest BCUT2D eigenvalue weighted by Gasteiger charge is -2.14. The zero-order valence-electron chi connectivity index (χ0n) is 17.5. The molecule has 1 unspecified atom stereocenters. The van der Waals surface area contributed by atoms with Crippen LogP contribution in [0.2, 0.25) is 0 Å². The van der Waals surface area contributed by atoms with Gasteiger partial charge in [0.1, 0.15) is 12.6 Å². The molecule has 4 rings (SSSR count). The molecular weight excluding hydrogens is 439 g/mol. The third-order valence-electron chi connectivity index (χ3n) is 5.57. The minimum Gasteiger partial charge on any atom is -0.480 e. The van der Waals surface area contributed by atoms with Crippen molar-refractivity contribution in [3.8, 4) is 11.1 Å². The molecule has 10 heteroatoms. The van der Waals surface area contributed by atoms with E-state index in [0.717, 1.165) is 28.5 Å². The Balaban J connectivity index is 1.53. The van der Waals surface area contributed by atoms with Crippen LogP contribution in [0.15, 0.2) is 54.7 Å². The topological polar surface area (TPSA) is 93.5 Å². The van der Waals surface area contributed by atoms with Crippen LogP contribution in [0.3, 0.4) is 0 Å². The summed E-state index contributed by atoms with van der Waals surface area (Å²) < 4.78 is 46.3. The Labute approximate surface area is 186 Å². The first-order valence-corrected chi connectivity index (χ1v) is 10.2. The molecule has 1 atom stereocenters. The first-order valence-electron chi connectivity index (χ1n) is 10.2. The number of alkyl halides is 3. The number of aliphatic carboxylic acids is 1. The first-order chi connectivity index (χ1) is 15.7. The summed E-state index contributed by atoms with van der Waals surface area (Å²) in [6.07, 6.45) is -5.12. The second-order valence-electron chi connectivity index (χ2n) is 7.58. The van der Waals surface area contributed by atoms with E-state index in [0.29, 0.717) is 4.68 Å². The molecule has 1 heterocycles. The molecule has 0 saturated carbocycles. The van der Waals surface area contributed by atoms with Crippen molar-refractivity contribution in [2.24, 2.45) is 0 Å². The van der Waals surface area contributed by atoms with Crippen molar-refractivity contribution >= 4 is 17.7 Å². The average Bonchev–Trinajstić information content (AvgIpc) is 3.32. The fraction of sp³-hybridized carbons (Fsp3) is 0.261. The van der Waals surface area contributed by atoms with Gasteiger partial charge in [0, 0.05) is 5.92 Å². The van der Waals surface area contributed by atoms with Gasteiger partial charge < -0.3 is 9.84 Å². The number of carbonyl (C=O) groups excluding carboxylic acids is 1. The molecule has 3 aromatic rings. The number of amides is 1. The van der Waals surface area contributed by atoms with Crippen LogP contribution in [0.25, 0.3) is 11.1 Å². The van der Waals surface area contributed by atoms with Gasteiger partial charge in [-0.25, -0.2) is 9.59 Å².